The van der Waals surface area contributed by atoms with Gasteiger partial charge < -0.3 is 14.1 Å². The molecule has 4 aromatic rings. The number of amides is 1. The molecule has 7 heteroatoms. The van der Waals surface area contributed by atoms with Gasteiger partial charge in [0.15, 0.2) is 5.76 Å². The minimum atomic E-state index is -0.306. The maximum Gasteiger partial charge on any atom is 0.289 e. The normalized spacial score (nSPS) is 14.5. The van der Waals surface area contributed by atoms with E-state index >= 15 is 0 Å². The number of benzene rings is 3. The molecule has 1 aliphatic rings. The van der Waals surface area contributed by atoms with Crippen molar-refractivity contribution in [3.63, 3.8) is 0 Å². The molecule has 5 nitrogen and oxygen atoms in total. The Morgan fingerprint density at radius 3 is 2.53 bits per heavy atom. The quantitative estimate of drug-likeness (QED) is 0.353. The first-order chi connectivity index (χ1) is 16.6. The van der Waals surface area contributed by atoms with Crippen molar-refractivity contribution in [3.05, 3.63) is 101 Å². The van der Waals surface area contributed by atoms with Crippen LogP contribution < -0.4 is 4.74 Å². The molecule has 1 aliphatic heterocycles. The lowest BCUT2D eigenvalue weighted by Gasteiger charge is -2.34. The molecular weight excluding hydrogens is 455 g/mol. The zero-order valence-corrected chi connectivity index (χ0v) is 19.3. The molecule has 0 aliphatic carbocycles. The molecule has 0 N–H and O–H groups in total. The molecule has 2 heterocycles. The Balaban J connectivity index is 1.15. The summed E-state index contributed by atoms with van der Waals surface area (Å²) in [4.78, 5) is 16.8. The van der Waals surface area contributed by atoms with Gasteiger partial charge >= 0.3 is 0 Å². The zero-order chi connectivity index (χ0) is 23.5. The maximum absolute atomic E-state index is 14.1. The van der Waals surface area contributed by atoms with Gasteiger partial charge in [0.1, 0.15) is 23.9 Å². The van der Waals surface area contributed by atoms with Crippen molar-refractivity contribution in [1.29, 1.82) is 0 Å². The lowest BCUT2D eigenvalue weighted by molar-refractivity contribution is 0.0593. The molecule has 0 saturated carbocycles. The second-order valence-electron chi connectivity index (χ2n) is 8.33. The highest BCUT2D eigenvalue weighted by Crippen LogP contribution is 2.23. The number of carbonyl (C=O) groups excluding carboxylic acids is 1. The van der Waals surface area contributed by atoms with Crippen LogP contribution in [-0.2, 0) is 13.2 Å². The van der Waals surface area contributed by atoms with Crippen LogP contribution in [-0.4, -0.2) is 41.9 Å². The Kier molecular flexibility index (Phi) is 6.52. The monoisotopic (exact) mass is 478 g/mol. The minimum Gasteiger partial charge on any atom is -0.486 e. The van der Waals surface area contributed by atoms with Gasteiger partial charge in [0.2, 0.25) is 0 Å². The number of ether oxygens (including phenoxy) is 1. The third kappa shape index (κ3) is 4.93. The van der Waals surface area contributed by atoms with E-state index in [2.05, 4.69) is 11.0 Å². The van der Waals surface area contributed by atoms with Gasteiger partial charge in [0.25, 0.3) is 5.91 Å². The summed E-state index contributed by atoms with van der Waals surface area (Å²) in [6.45, 7) is 3.00. The second-order valence-corrected chi connectivity index (χ2v) is 8.74. The number of furan rings is 1. The van der Waals surface area contributed by atoms with Gasteiger partial charge in [-0.15, -0.1) is 0 Å². The average Bonchev–Trinajstić information content (AvgIpc) is 3.34. The summed E-state index contributed by atoms with van der Waals surface area (Å²) in [5.74, 6) is 1.17. The Hall–Kier alpha value is -3.35. The van der Waals surface area contributed by atoms with Crippen LogP contribution in [0, 0.1) is 5.82 Å². The van der Waals surface area contributed by atoms with Crippen LogP contribution in [0.3, 0.4) is 0 Å². The summed E-state index contributed by atoms with van der Waals surface area (Å²) < 4.78 is 25.7. The van der Waals surface area contributed by atoms with Gasteiger partial charge in [-0.3, -0.25) is 9.69 Å². The van der Waals surface area contributed by atoms with E-state index in [1.54, 1.807) is 29.2 Å². The molecule has 0 radical (unpaired) electrons. The van der Waals surface area contributed by atoms with Crippen molar-refractivity contribution in [3.8, 4) is 5.75 Å². The summed E-state index contributed by atoms with van der Waals surface area (Å²) >= 11 is 6.15. The van der Waals surface area contributed by atoms with E-state index in [4.69, 9.17) is 20.8 Å². The number of halogens is 2. The number of nitrogens with zero attached hydrogens (tertiary/aromatic N) is 2. The first kappa shape index (κ1) is 22.4. The van der Waals surface area contributed by atoms with Crippen LogP contribution in [0.2, 0.25) is 5.02 Å². The molecule has 1 amide bonds. The molecule has 174 valence electrons. The first-order valence-corrected chi connectivity index (χ1v) is 11.6. The van der Waals surface area contributed by atoms with Crippen LogP contribution in [0.15, 0.2) is 77.2 Å². The van der Waals surface area contributed by atoms with Crippen molar-refractivity contribution in [2.45, 2.75) is 13.2 Å². The fraction of sp³-hybridized carbons (Fsp3) is 0.222. The molecule has 1 aromatic heterocycles. The molecule has 1 saturated heterocycles. The van der Waals surface area contributed by atoms with Crippen LogP contribution in [0.5, 0.6) is 5.75 Å². The van der Waals surface area contributed by atoms with E-state index in [0.717, 1.165) is 16.5 Å². The Morgan fingerprint density at radius 2 is 1.74 bits per heavy atom. The third-order valence-corrected chi connectivity index (χ3v) is 6.43. The smallest absolute Gasteiger partial charge is 0.289 e. The van der Waals surface area contributed by atoms with Crippen LogP contribution in [0.4, 0.5) is 4.39 Å². The van der Waals surface area contributed by atoms with E-state index in [-0.39, 0.29) is 18.3 Å². The minimum absolute atomic E-state index is 0.152. The molecule has 3 aromatic carbocycles. The molecule has 0 atom stereocenters. The number of hydrogen-bond acceptors (Lipinski definition) is 4. The van der Waals surface area contributed by atoms with Gasteiger partial charge in [-0.2, -0.15) is 0 Å². The molecule has 0 bridgehead atoms. The summed E-state index contributed by atoms with van der Waals surface area (Å²) in [5.41, 5.74) is 0.492. The average molecular weight is 479 g/mol. The predicted molar refractivity (Wildman–Crippen MR) is 130 cm³/mol. The van der Waals surface area contributed by atoms with E-state index in [9.17, 15) is 9.18 Å². The highest BCUT2D eigenvalue weighted by molar-refractivity contribution is 6.31. The zero-order valence-electron chi connectivity index (χ0n) is 18.5. The number of fused-ring (bicyclic) bond motifs is 1. The van der Waals surface area contributed by atoms with Gasteiger partial charge in [-0.25, -0.2) is 4.39 Å². The Bertz CT molecular complexity index is 1290. The number of piperazine rings is 1. The second kappa shape index (κ2) is 9.87. The maximum atomic E-state index is 14.1. The van der Waals surface area contributed by atoms with Gasteiger partial charge in [0.05, 0.1) is 0 Å². The van der Waals surface area contributed by atoms with Gasteiger partial charge in [-0.1, -0.05) is 48.0 Å². The Morgan fingerprint density at radius 1 is 0.941 bits per heavy atom. The van der Waals surface area contributed by atoms with Crippen molar-refractivity contribution < 1.29 is 18.3 Å². The van der Waals surface area contributed by atoms with Crippen molar-refractivity contribution in [2.75, 3.05) is 26.2 Å². The van der Waals surface area contributed by atoms with Crippen LogP contribution >= 0.6 is 11.6 Å². The van der Waals surface area contributed by atoms with Crippen LogP contribution in [0.25, 0.3) is 10.8 Å². The topological polar surface area (TPSA) is 45.9 Å². The van der Waals surface area contributed by atoms with Gasteiger partial charge in [-0.05, 0) is 47.2 Å². The number of rotatable bonds is 6. The molecule has 0 unspecified atom stereocenters. The molecule has 34 heavy (non-hydrogen) atoms. The lowest BCUT2D eigenvalue weighted by atomic mass is 10.1. The van der Waals surface area contributed by atoms with E-state index in [1.165, 1.54) is 6.07 Å². The fourth-order valence-electron chi connectivity index (χ4n) is 4.15. The van der Waals surface area contributed by atoms with E-state index in [1.807, 2.05) is 36.4 Å². The summed E-state index contributed by atoms with van der Waals surface area (Å²) in [7, 11) is 0. The van der Waals surface area contributed by atoms with E-state index in [0.29, 0.717) is 54.8 Å². The van der Waals surface area contributed by atoms with Crippen molar-refractivity contribution in [1.82, 2.24) is 9.80 Å². The third-order valence-electron chi connectivity index (χ3n) is 6.08. The van der Waals surface area contributed by atoms with Crippen LogP contribution in [0.1, 0.15) is 21.9 Å². The Labute approximate surface area is 202 Å². The highest BCUT2D eigenvalue weighted by Gasteiger charge is 2.25. The van der Waals surface area contributed by atoms with Gasteiger partial charge in [0, 0.05) is 43.3 Å². The number of hydrogen-bond donors (Lipinski definition) is 0. The van der Waals surface area contributed by atoms with Crippen molar-refractivity contribution >= 4 is 28.3 Å². The highest BCUT2D eigenvalue weighted by atomic mass is 35.5. The first-order valence-electron chi connectivity index (χ1n) is 11.2. The lowest BCUT2D eigenvalue weighted by Crippen LogP contribution is -2.48. The molecular formula is C27H24ClFN2O3. The van der Waals surface area contributed by atoms with Crippen molar-refractivity contribution in [2.24, 2.45) is 0 Å². The summed E-state index contributed by atoms with van der Waals surface area (Å²) in [6, 6.07) is 22.2. The summed E-state index contributed by atoms with van der Waals surface area (Å²) in [5, 5.41) is 2.68. The standard InChI is InChI=1S/C27H24ClFN2O3/c28-24-6-3-7-25(29)23(24)17-30-12-14-31(15-13-30)27(32)26-11-10-22(34-26)18-33-21-9-8-19-4-1-2-5-20(19)16-21/h1-11,16H,12-15,17-18H2. The largest absolute Gasteiger partial charge is 0.486 e. The summed E-state index contributed by atoms with van der Waals surface area (Å²) in [6.07, 6.45) is 0. The number of carbonyl (C=O) groups is 1. The fourth-order valence-corrected chi connectivity index (χ4v) is 4.38. The predicted octanol–water partition coefficient (Wildman–Crippen LogP) is 5.76. The van der Waals surface area contributed by atoms with E-state index < -0.39 is 0 Å². The molecule has 5 rings (SSSR count). The SMILES string of the molecule is O=C(c1ccc(COc2ccc3ccccc3c2)o1)N1CCN(Cc2c(F)cccc2Cl)CC1. The molecule has 1 fully saturated rings. The molecule has 0 spiro atoms.